The molecule has 72 heavy (non-hydrogen) atoms. The molecule has 0 spiro atoms. The Morgan fingerprint density at radius 3 is 1.29 bits per heavy atom. The minimum atomic E-state index is 0.460. The number of imidazole rings is 2. The number of rotatable bonds is 12. The van der Waals surface area contributed by atoms with Gasteiger partial charge < -0.3 is 4.90 Å². The summed E-state index contributed by atoms with van der Waals surface area (Å²) in [6.07, 6.45) is 27.6. The molecule has 5 heteroatoms. The van der Waals surface area contributed by atoms with Gasteiger partial charge in [-0.3, -0.25) is 9.13 Å². The minimum absolute atomic E-state index is 0.460. The Morgan fingerprint density at radius 1 is 0.375 bits per heavy atom. The summed E-state index contributed by atoms with van der Waals surface area (Å²) in [5.74, 6) is 3.54. The molecule has 0 unspecified atom stereocenters. The molecule has 0 amide bonds. The monoisotopic (exact) mass is 942 g/mol. The molecule has 3 aliphatic carbocycles. The van der Waals surface area contributed by atoms with E-state index in [0.29, 0.717) is 17.8 Å². The number of aromatic nitrogens is 4. The summed E-state index contributed by atoms with van der Waals surface area (Å²) in [5, 5.41) is 0. The summed E-state index contributed by atoms with van der Waals surface area (Å²) >= 11 is 0. The Balaban J connectivity index is 0.974. The van der Waals surface area contributed by atoms with Crippen LogP contribution in [0.3, 0.4) is 0 Å². The molecule has 0 aliphatic heterocycles. The fourth-order valence-electron chi connectivity index (χ4n) is 12.8. The highest BCUT2D eigenvalue weighted by molar-refractivity contribution is 5.85. The SMILES string of the molecule is Cc1cc(C2CCCCC2)c(-n2ccnc2-c2cccc(N(c3ccccc3)c3cccc(-c4nccn4-c4c(-c5ccccc5)cc(-c5ccccc5)cc4C4CCCCC4)c3)c2)c(C2CCCCC2)c1. The van der Waals surface area contributed by atoms with Gasteiger partial charge in [0, 0.05) is 58.5 Å². The van der Waals surface area contributed by atoms with Crippen LogP contribution in [-0.2, 0) is 0 Å². The smallest absolute Gasteiger partial charge is 0.144 e. The second-order valence-corrected chi connectivity index (χ2v) is 21.0. The first kappa shape index (κ1) is 45.9. The summed E-state index contributed by atoms with van der Waals surface area (Å²) < 4.78 is 4.86. The van der Waals surface area contributed by atoms with E-state index in [1.54, 1.807) is 0 Å². The predicted molar refractivity (Wildman–Crippen MR) is 299 cm³/mol. The zero-order chi connectivity index (χ0) is 48.2. The van der Waals surface area contributed by atoms with Crippen LogP contribution in [0.25, 0.3) is 56.4 Å². The number of aryl methyl sites for hydroxylation is 1. The molecule has 2 heterocycles. The highest BCUT2D eigenvalue weighted by atomic mass is 15.1. The Hall–Kier alpha value is -7.24. The standard InChI is InChI=1S/C67H67N5/c1-48-42-60(50-24-10-3-11-25-50)64(61(43-48)51-26-12-4-13-27-51)70-40-38-68-66(70)54-32-20-36-58(44-54)72(57-34-18-7-19-35-57)59-37-21-33-55(45-59)67-69-39-41-71(67)65-62(52-28-14-5-15-29-52)46-56(49-22-8-2-9-23-49)47-63(65)53-30-16-6-17-31-53/h2,5,7-9,14-15,18-23,28-29,32-47,50-51,53H,3-4,6,10-13,16-17,24-27,30-31H2,1H3. The minimum Gasteiger partial charge on any atom is -0.310 e. The molecule has 0 saturated heterocycles. The first-order valence-corrected chi connectivity index (χ1v) is 27.2. The fourth-order valence-corrected chi connectivity index (χ4v) is 12.8. The van der Waals surface area contributed by atoms with Crippen molar-refractivity contribution in [3.05, 3.63) is 211 Å². The predicted octanol–water partition coefficient (Wildman–Crippen LogP) is 18.6. The number of para-hydroxylation sites is 1. The van der Waals surface area contributed by atoms with Crippen molar-refractivity contribution in [2.24, 2.45) is 0 Å². The number of benzene rings is 7. The molecule has 12 rings (SSSR count). The zero-order valence-corrected chi connectivity index (χ0v) is 42.0. The van der Waals surface area contributed by atoms with E-state index in [0.717, 1.165) is 39.8 Å². The Morgan fingerprint density at radius 2 is 0.792 bits per heavy atom. The van der Waals surface area contributed by atoms with E-state index < -0.39 is 0 Å². The Bertz CT molecular complexity index is 3220. The van der Waals surface area contributed by atoms with Crippen LogP contribution in [0.1, 0.15) is 136 Å². The van der Waals surface area contributed by atoms with Crippen molar-refractivity contribution in [2.45, 2.75) is 121 Å². The van der Waals surface area contributed by atoms with Gasteiger partial charge in [-0.05, 0) is 145 Å². The summed E-state index contributed by atoms with van der Waals surface area (Å²) in [5.41, 5.74) is 18.9. The lowest BCUT2D eigenvalue weighted by atomic mass is 9.77. The molecule has 3 aliphatic rings. The quantitative estimate of drug-likeness (QED) is 0.122. The molecule has 0 radical (unpaired) electrons. The normalized spacial score (nSPS) is 16.0. The summed E-state index contributed by atoms with van der Waals surface area (Å²) in [6.45, 7) is 2.32. The van der Waals surface area contributed by atoms with Crippen LogP contribution in [0, 0.1) is 6.92 Å². The van der Waals surface area contributed by atoms with E-state index in [-0.39, 0.29) is 0 Å². The Kier molecular flexibility index (Phi) is 13.3. The average Bonchev–Trinajstić information content (AvgIpc) is 4.16. The van der Waals surface area contributed by atoms with E-state index >= 15 is 0 Å². The third-order valence-corrected chi connectivity index (χ3v) is 16.3. The summed E-state index contributed by atoms with van der Waals surface area (Å²) in [4.78, 5) is 12.8. The van der Waals surface area contributed by atoms with E-state index in [1.165, 1.54) is 152 Å². The van der Waals surface area contributed by atoms with Gasteiger partial charge in [0.1, 0.15) is 11.6 Å². The third kappa shape index (κ3) is 9.26. The number of hydrogen-bond donors (Lipinski definition) is 0. The third-order valence-electron chi connectivity index (χ3n) is 16.3. The van der Waals surface area contributed by atoms with Crippen LogP contribution in [0.2, 0.25) is 0 Å². The second kappa shape index (κ2) is 20.8. The van der Waals surface area contributed by atoms with Crippen molar-refractivity contribution in [3.8, 4) is 56.4 Å². The van der Waals surface area contributed by atoms with Crippen molar-refractivity contribution in [1.29, 1.82) is 0 Å². The van der Waals surface area contributed by atoms with Gasteiger partial charge in [0.05, 0.1) is 11.4 Å². The fraction of sp³-hybridized carbons (Fsp3) is 0.284. The molecule has 3 saturated carbocycles. The molecule has 360 valence electrons. The number of anilines is 3. The molecule has 7 aromatic carbocycles. The van der Waals surface area contributed by atoms with Gasteiger partial charge in [0.25, 0.3) is 0 Å². The molecular weight excluding hydrogens is 875 g/mol. The first-order valence-electron chi connectivity index (χ1n) is 27.2. The summed E-state index contributed by atoms with van der Waals surface area (Å²) in [7, 11) is 0. The highest BCUT2D eigenvalue weighted by Gasteiger charge is 2.29. The lowest BCUT2D eigenvalue weighted by Gasteiger charge is -2.31. The molecular formula is C67H67N5. The molecule has 2 aromatic heterocycles. The zero-order valence-electron chi connectivity index (χ0n) is 42.0. The topological polar surface area (TPSA) is 38.9 Å². The molecule has 0 atom stereocenters. The molecule has 0 N–H and O–H groups in total. The average molecular weight is 942 g/mol. The van der Waals surface area contributed by atoms with Gasteiger partial charge >= 0.3 is 0 Å². The highest BCUT2D eigenvalue weighted by Crippen LogP contribution is 2.47. The van der Waals surface area contributed by atoms with Crippen molar-refractivity contribution in [2.75, 3.05) is 4.90 Å². The van der Waals surface area contributed by atoms with Gasteiger partial charge in [0.2, 0.25) is 0 Å². The number of nitrogens with zero attached hydrogens (tertiary/aromatic N) is 5. The molecule has 0 bridgehead atoms. The van der Waals surface area contributed by atoms with Gasteiger partial charge in [-0.15, -0.1) is 0 Å². The second-order valence-electron chi connectivity index (χ2n) is 21.0. The lowest BCUT2D eigenvalue weighted by molar-refractivity contribution is 0.433. The maximum atomic E-state index is 5.22. The van der Waals surface area contributed by atoms with Gasteiger partial charge in [-0.25, -0.2) is 9.97 Å². The molecule has 5 nitrogen and oxygen atoms in total. The van der Waals surface area contributed by atoms with Gasteiger partial charge in [-0.1, -0.05) is 179 Å². The van der Waals surface area contributed by atoms with Crippen LogP contribution >= 0.6 is 0 Å². The van der Waals surface area contributed by atoms with E-state index in [1.807, 2.05) is 12.4 Å². The van der Waals surface area contributed by atoms with Crippen LogP contribution in [0.5, 0.6) is 0 Å². The van der Waals surface area contributed by atoms with Crippen molar-refractivity contribution >= 4 is 17.1 Å². The van der Waals surface area contributed by atoms with Crippen molar-refractivity contribution < 1.29 is 0 Å². The van der Waals surface area contributed by atoms with Gasteiger partial charge in [-0.2, -0.15) is 0 Å². The molecule has 3 fully saturated rings. The molecule has 9 aromatic rings. The maximum Gasteiger partial charge on any atom is 0.144 e. The largest absolute Gasteiger partial charge is 0.310 e. The van der Waals surface area contributed by atoms with Crippen molar-refractivity contribution in [3.63, 3.8) is 0 Å². The van der Waals surface area contributed by atoms with Crippen LogP contribution in [0.4, 0.5) is 17.1 Å². The maximum absolute atomic E-state index is 5.22. The van der Waals surface area contributed by atoms with E-state index in [2.05, 4.69) is 197 Å². The lowest BCUT2D eigenvalue weighted by Crippen LogP contribution is -2.15. The van der Waals surface area contributed by atoms with Crippen molar-refractivity contribution in [1.82, 2.24) is 19.1 Å². The van der Waals surface area contributed by atoms with E-state index in [9.17, 15) is 0 Å². The van der Waals surface area contributed by atoms with Crippen LogP contribution in [-0.4, -0.2) is 19.1 Å². The van der Waals surface area contributed by atoms with E-state index in [4.69, 9.17) is 9.97 Å². The number of hydrogen-bond acceptors (Lipinski definition) is 3. The van der Waals surface area contributed by atoms with Gasteiger partial charge in [0.15, 0.2) is 0 Å². The summed E-state index contributed by atoms with van der Waals surface area (Å²) in [6, 6.07) is 60.8. The first-order chi connectivity index (χ1) is 35.6. The van der Waals surface area contributed by atoms with Crippen LogP contribution in [0.15, 0.2) is 189 Å². The Labute approximate surface area is 427 Å². The van der Waals surface area contributed by atoms with Crippen LogP contribution < -0.4 is 4.90 Å².